The van der Waals surface area contributed by atoms with Crippen molar-refractivity contribution in [2.24, 2.45) is 0 Å². The van der Waals surface area contributed by atoms with Crippen LogP contribution in [0.3, 0.4) is 0 Å². The third-order valence-corrected chi connectivity index (χ3v) is 3.99. The molecule has 0 saturated carbocycles. The number of rotatable bonds is 1. The topological polar surface area (TPSA) is 105 Å². The lowest BCUT2D eigenvalue weighted by atomic mass is 10.2. The molecule has 188 valence electrons. The van der Waals surface area contributed by atoms with Gasteiger partial charge in [-0.25, -0.2) is 9.59 Å². The number of hydrogen-bond donors (Lipinski definition) is 1. The van der Waals surface area contributed by atoms with Crippen molar-refractivity contribution >= 4 is 12.1 Å². The quantitative estimate of drug-likeness (QED) is 0.582. The first-order chi connectivity index (χ1) is 15.0. The van der Waals surface area contributed by atoms with Crippen LogP contribution in [0, 0.1) is 0 Å². The summed E-state index contributed by atoms with van der Waals surface area (Å²) in [7, 11) is 0. The number of amides is 1. The molecular weight excluding hydrogens is 420 g/mol. The van der Waals surface area contributed by atoms with Crippen molar-refractivity contribution in [3.05, 3.63) is 0 Å². The van der Waals surface area contributed by atoms with E-state index in [0.29, 0.717) is 52.7 Å². The molecule has 1 heterocycles. The Morgan fingerprint density at radius 1 is 0.781 bits per heavy atom. The molecule has 1 atom stereocenters. The van der Waals surface area contributed by atoms with Crippen LogP contribution in [0.5, 0.6) is 0 Å². The van der Waals surface area contributed by atoms with Crippen molar-refractivity contribution in [3.63, 3.8) is 0 Å². The lowest BCUT2D eigenvalue weighted by molar-refractivity contribution is -0.172. The summed E-state index contributed by atoms with van der Waals surface area (Å²) in [5, 5.41) is 3.19. The fourth-order valence-corrected chi connectivity index (χ4v) is 2.58. The van der Waals surface area contributed by atoms with E-state index in [4.69, 9.17) is 28.4 Å². The van der Waals surface area contributed by atoms with Crippen LogP contribution >= 0.6 is 0 Å². The van der Waals surface area contributed by atoms with E-state index in [9.17, 15) is 9.59 Å². The molecule has 10 nitrogen and oxygen atoms in total. The van der Waals surface area contributed by atoms with Gasteiger partial charge in [0, 0.05) is 26.2 Å². The van der Waals surface area contributed by atoms with E-state index in [-0.39, 0.29) is 19.8 Å². The molecule has 0 aromatic heterocycles. The summed E-state index contributed by atoms with van der Waals surface area (Å²) in [5.41, 5.74) is -1.24. The molecule has 0 radical (unpaired) electrons. The Labute approximate surface area is 192 Å². The van der Waals surface area contributed by atoms with E-state index in [1.807, 2.05) is 20.8 Å². The molecule has 1 aliphatic rings. The molecule has 0 spiro atoms. The average molecular weight is 463 g/mol. The zero-order valence-corrected chi connectivity index (χ0v) is 20.6. The predicted octanol–water partition coefficient (Wildman–Crippen LogP) is 1.60. The monoisotopic (exact) mass is 462 g/mol. The van der Waals surface area contributed by atoms with Gasteiger partial charge < -0.3 is 38.6 Å². The summed E-state index contributed by atoms with van der Waals surface area (Å²) in [6, 6.07) is 0. The second kappa shape index (κ2) is 14.6. The molecule has 0 bridgehead atoms. The Hall–Kier alpha value is -1.46. The minimum Gasteiger partial charge on any atom is -0.458 e. The summed E-state index contributed by atoms with van der Waals surface area (Å²) in [4.78, 5) is 26.6. The number of nitrogens with zero attached hydrogens (tertiary/aromatic N) is 1. The van der Waals surface area contributed by atoms with Crippen LogP contribution in [0.1, 0.15) is 41.5 Å². The molecule has 0 aromatic rings. The van der Waals surface area contributed by atoms with E-state index in [2.05, 4.69) is 5.32 Å². The van der Waals surface area contributed by atoms with Gasteiger partial charge in [0.2, 0.25) is 0 Å². The smallest absolute Gasteiger partial charge is 0.410 e. The highest BCUT2D eigenvalue weighted by molar-refractivity contribution is 5.75. The van der Waals surface area contributed by atoms with Crippen LogP contribution in [0.2, 0.25) is 0 Å². The zero-order chi connectivity index (χ0) is 24.0. The fraction of sp³-hybridized carbons (Fsp3) is 0.909. The van der Waals surface area contributed by atoms with Crippen LogP contribution in [0.4, 0.5) is 4.79 Å². The van der Waals surface area contributed by atoms with Crippen LogP contribution in [-0.4, -0.2) is 107 Å². The van der Waals surface area contributed by atoms with Gasteiger partial charge in [0.05, 0.1) is 46.2 Å². The van der Waals surface area contributed by atoms with Crippen LogP contribution < -0.4 is 5.32 Å². The Morgan fingerprint density at radius 2 is 1.34 bits per heavy atom. The molecule has 0 aromatic carbocycles. The van der Waals surface area contributed by atoms with Gasteiger partial charge in [-0.15, -0.1) is 0 Å². The van der Waals surface area contributed by atoms with Crippen molar-refractivity contribution in [1.82, 2.24) is 10.2 Å². The zero-order valence-electron chi connectivity index (χ0n) is 20.6. The molecule has 10 heteroatoms. The van der Waals surface area contributed by atoms with Crippen molar-refractivity contribution in [3.8, 4) is 0 Å². The SMILES string of the molecule is CC(C)(C)OC(=O)C1COCCN(C(=O)OC(C)(C)C)CCOCCOCCNCCO1. The average Bonchev–Trinajstić information content (AvgIpc) is 2.65. The molecule has 1 fully saturated rings. The number of carbonyl (C=O) groups excluding carboxylic acids is 2. The molecule has 32 heavy (non-hydrogen) atoms. The second-order valence-corrected chi connectivity index (χ2v) is 9.41. The van der Waals surface area contributed by atoms with Gasteiger partial charge >= 0.3 is 12.1 Å². The molecule has 1 unspecified atom stereocenters. The molecule has 1 saturated heterocycles. The molecule has 1 N–H and O–H groups in total. The van der Waals surface area contributed by atoms with Crippen LogP contribution in [-0.2, 0) is 33.2 Å². The van der Waals surface area contributed by atoms with E-state index >= 15 is 0 Å². The van der Waals surface area contributed by atoms with Gasteiger partial charge in [-0.3, -0.25) is 0 Å². The van der Waals surface area contributed by atoms with E-state index in [1.54, 1.807) is 20.8 Å². The van der Waals surface area contributed by atoms with Gasteiger partial charge in [0.1, 0.15) is 11.2 Å². The van der Waals surface area contributed by atoms with Crippen LogP contribution in [0.15, 0.2) is 0 Å². The number of nitrogens with one attached hydrogen (secondary N) is 1. The highest BCUT2D eigenvalue weighted by Crippen LogP contribution is 2.11. The summed E-state index contributed by atoms with van der Waals surface area (Å²) < 4.78 is 33.4. The Balaban J connectivity index is 2.71. The standard InChI is InChI=1S/C22H42N2O8/c1-21(2,3)31-19(25)18-17-29-14-10-24(20(26)32-22(4,5)6)9-13-28-16-15-27-11-7-23-8-12-30-18/h18,23H,7-17H2,1-6H3. The summed E-state index contributed by atoms with van der Waals surface area (Å²) in [6.07, 6.45) is -1.30. The van der Waals surface area contributed by atoms with Crippen molar-refractivity contribution in [2.75, 3.05) is 72.4 Å². The van der Waals surface area contributed by atoms with E-state index < -0.39 is 29.4 Å². The maximum absolute atomic E-state index is 12.5. The van der Waals surface area contributed by atoms with Gasteiger partial charge in [-0.1, -0.05) is 0 Å². The minimum absolute atomic E-state index is 0.0245. The highest BCUT2D eigenvalue weighted by atomic mass is 16.6. The Kier molecular flexibility index (Phi) is 13.1. The highest BCUT2D eigenvalue weighted by Gasteiger charge is 2.27. The number of hydrogen-bond acceptors (Lipinski definition) is 9. The second-order valence-electron chi connectivity index (χ2n) is 9.41. The third-order valence-electron chi connectivity index (χ3n) is 3.99. The molecule has 0 aliphatic carbocycles. The lowest BCUT2D eigenvalue weighted by Gasteiger charge is -2.28. The van der Waals surface area contributed by atoms with Crippen molar-refractivity contribution < 1.29 is 38.0 Å². The molecule has 1 amide bonds. The van der Waals surface area contributed by atoms with E-state index in [0.717, 1.165) is 0 Å². The maximum atomic E-state index is 12.5. The maximum Gasteiger partial charge on any atom is 0.410 e. The first kappa shape index (κ1) is 28.6. The van der Waals surface area contributed by atoms with Crippen LogP contribution in [0.25, 0.3) is 0 Å². The van der Waals surface area contributed by atoms with Crippen molar-refractivity contribution in [1.29, 1.82) is 0 Å². The first-order valence-electron chi connectivity index (χ1n) is 11.2. The van der Waals surface area contributed by atoms with Gasteiger partial charge in [-0.2, -0.15) is 0 Å². The largest absolute Gasteiger partial charge is 0.458 e. The molecule has 1 aliphatic heterocycles. The van der Waals surface area contributed by atoms with E-state index in [1.165, 1.54) is 4.90 Å². The first-order valence-corrected chi connectivity index (χ1v) is 11.2. The summed E-state index contributed by atoms with van der Waals surface area (Å²) >= 11 is 0. The molecule has 1 rings (SSSR count). The van der Waals surface area contributed by atoms with Gasteiger partial charge in [-0.05, 0) is 41.5 Å². The number of carbonyl (C=O) groups is 2. The minimum atomic E-state index is -0.857. The number of ether oxygens (including phenoxy) is 6. The van der Waals surface area contributed by atoms with Gasteiger partial charge in [0.15, 0.2) is 6.10 Å². The molecular formula is C22H42N2O8. The Morgan fingerprint density at radius 3 is 1.97 bits per heavy atom. The summed E-state index contributed by atoms with van der Waals surface area (Å²) in [5.74, 6) is -0.479. The van der Waals surface area contributed by atoms with Crippen molar-refractivity contribution in [2.45, 2.75) is 58.8 Å². The normalized spacial score (nSPS) is 21.8. The Bertz CT molecular complexity index is 497. The van der Waals surface area contributed by atoms with Gasteiger partial charge in [0.25, 0.3) is 0 Å². The third kappa shape index (κ3) is 14.6. The summed E-state index contributed by atoms with van der Waals surface area (Å²) in [6.45, 7) is 15.1. The predicted molar refractivity (Wildman–Crippen MR) is 119 cm³/mol. The fourth-order valence-electron chi connectivity index (χ4n) is 2.58. The lowest BCUT2D eigenvalue weighted by Crippen LogP contribution is -2.41. The number of esters is 1.